The molecule has 0 aromatic rings. The molecule has 3 unspecified atom stereocenters. The normalized spacial score (nSPS) is 21.0. The fourth-order valence-electron chi connectivity index (χ4n) is 4.02. The Morgan fingerprint density at radius 2 is 1.16 bits per heavy atom. The molecule has 0 aromatic carbocycles. The Morgan fingerprint density at radius 3 is 1.56 bits per heavy atom. The van der Waals surface area contributed by atoms with Crippen LogP contribution >= 0.6 is 0 Å². The Balaban J connectivity index is 1.86. The topological polar surface area (TPSA) is 15.8 Å². The molecule has 0 aliphatic carbocycles. The first-order chi connectivity index (χ1) is 12.1. The standard InChI is InChI=1S/C23H47NO/c1-5-6-7-8-9-10-11-12-13-14-15-16-17-18-22(19-20-24(3)4)23-21(2)25-23/h21-23H,5-20H2,1-4H3. The van der Waals surface area contributed by atoms with Crippen molar-refractivity contribution in [3.63, 3.8) is 0 Å². The van der Waals surface area contributed by atoms with Crippen LogP contribution < -0.4 is 0 Å². The van der Waals surface area contributed by atoms with Crippen molar-refractivity contribution < 1.29 is 4.74 Å². The maximum Gasteiger partial charge on any atom is 0.0867 e. The molecule has 0 bridgehead atoms. The Bertz CT molecular complexity index is 292. The summed E-state index contributed by atoms with van der Waals surface area (Å²) in [5.41, 5.74) is 0. The van der Waals surface area contributed by atoms with E-state index in [1.807, 2.05) is 0 Å². The van der Waals surface area contributed by atoms with Gasteiger partial charge in [0.2, 0.25) is 0 Å². The largest absolute Gasteiger partial charge is 0.370 e. The second kappa shape index (κ2) is 15.0. The number of epoxide rings is 1. The molecule has 1 saturated heterocycles. The van der Waals surface area contributed by atoms with E-state index in [0.717, 1.165) is 5.92 Å². The van der Waals surface area contributed by atoms with Crippen molar-refractivity contribution in [2.24, 2.45) is 5.92 Å². The summed E-state index contributed by atoms with van der Waals surface area (Å²) in [7, 11) is 4.36. The molecule has 1 heterocycles. The molecule has 1 rings (SSSR count). The molecular weight excluding hydrogens is 306 g/mol. The van der Waals surface area contributed by atoms with E-state index in [2.05, 4.69) is 32.8 Å². The summed E-state index contributed by atoms with van der Waals surface area (Å²) < 4.78 is 5.76. The molecule has 150 valence electrons. The van der Waals surface area contributed by atoms with Gasteiger partial charge in [0.15, 0.2) is 0 Å². The lowest BCUT2D eigenvalue weighted by atomic mass is 9.92. The quantitative estimate of drug-likeness (QED) is 0.198. The van der Waals surface area contributed by atoms with Gasteiger partial charge < -0.3 is 9.64 Å². The summed E-state index contributed by atoms with van der Waals surface area (Å²) in [6, 6.07) is 0. The number of unbranched alkanes of at least 4 members (excludes halogenated alkanes) is 12. The zero-order valence-corrected chi connectivity index (χ0v) is 17.9. The van der Waals surface area contributed by atoms with Crippen LogP contribution in [0.2, 0.25) is 0 Å². The van der Waals surface area contributed by atoms with Gasteiger partial charge in [-0.25, -0.2) is 0 Å². The van der Waals surface area contributed by atoms with Crippen LogP contribution in [0.4, 0.5) is 0 Å². The average Bonchev–Trinajstić information content (AvgIpc) is 3.31. The molecular formula is C23H47NO. The molecule has 0 N–H and O–H groups in total. The summed E-state index contributed by atoms with van der Waals surface area (Å²) in [5, 5.41) is 0. The first-order valence-electron chi connectivity index (χ1n) is 11.4. The van der Waals surface area contributed by atoms with Crippen LogP contribution in [0.3, 0.4) is 0 Å². The molecule has 2 nitrogen and oxygen atoms in total. The van der Waals surface area contributed by atoms with Gasteiger partial charge in [0.1, 0.15) is 0 Å². The summed E-state index contributed by atoms with van der Waals surface area (Å²) in [6.45, 7) is 5.73. The molecule has 0 aromatic heterocycles. The van der Waals surface area contributed by atoms with E-state index >= 15 is 0 Å². The van der Waals surface area contributed by atoms with Crippen molar-refractivity contribution in [1.29, 1.82) is 0 Å². The fourth-order valence-corrected chi connectivity index (χ4v) is 4.02. The zero-order valence-electron chi connectivity index (χ0n) is 17.9. The van der Waals surface area contributed by atoms with Gasteiger partial charge in [-0.1, -0.05) is 90.4 Å². The van der Waals surface area contributed by atoms with Gasteiger partial charge in [-0.3, -0.25) is 0 Å². The lowest BCUT2D eigenvalue weighted by Gasteiger charge is -2.17. The number of nitrogens with zero attached hydrogens (tertiary/aromatic N) is 1. The van der Waals surface area contributed by atoms with Crippen LogP contribution in [0.5, 0.6) is 0 Å². The summed E-state index contributed by atoms with van der Waals surface area (Å²) in [5.74, 6) is 0.796. The Hall–Kier alpha value is -0.0800. The SMILES string of the molecule is CCCCCCCCCCCCCCCC(CCN(C)C)C1OC1C. The van der Waals surface area contributed by atoms with Gasteiger partial charge in [-0.2, -0.15) is 0 Å². The lowest BCUT2D eigenvalue weighted by Crippen LogP contribution is -2.20. The molecule has 3 atom stereocenters. The number of rotatable bonds is 18. The highest BCUT2D eigenvalue weighted by Crippen LogP contribution is 2.34. The van der Waals surface area contributed by atoms with Gasteiger partial charge in [-0.15, -0.1) is 0 Å². The van der Waals surface area contributed by atoms with E-state index in [1.54, 1.807) is 0 Å². The van der Waals surface area contributed by atoms with Crippen molar-refractivity contribution in [3.8, 4) is 0 Å². The monoisotopic (exact) mass is 353 g/mol. The molecule has 0 amide bonds. The highest BCUT2D eigenvalue weighted by atomic mass is 16.6. The minimum atomic E-state index is 0.522. The third kappa shape index (κ3) is 12.8. The average molecular weight is 354 g/mol. The van der Waals surface area contributed by atoms with Crippen molar-refractivity contribution in [2.75, 3.05) is 20.6 Å². The van der Waals surface area contributed by atoms with Crippen molar-refractivity contribution >= 4 is 0 Å². The van der Waals surface area contributed by atoms with Crippen LogP contribution in [0.25, 0.3) is 0 Å². The maximum atomic E-state index is 5.76. The van der Waals surface area contributed by atoms with Crippen molar-refractivity contribution in [1.82, 2.24) is 4.90 Å². The van der Waals surface area contributed by atoms with Gasteiger partial charge >= 0.3 is 0 Å². The molecule has 25 heavy (non-hydrogen) atoms. The molecule has 1 aliphatic rings. The predicted molar refractivity (Wildman–Crippen MR) is 111 cm³/mol. The van der Waals surface area contributed by atoms with Gasteiger partial charge in [0, 0.05) is 0 Å². The zero-order chi connectivity index (χ0) is 18.3. The maximum absolute atomic E-state index is 5.76. The molecule has 1 fully saturated rings. The highest BCUT2D eigenvalue weighted by Gasteiger charge is 2.40. The third-order valence-corrected chi connectivity index (χ3v) is 5.85. The molecule has 1 aliphatic heterocycles. The predicted octanol–water partition coefficient (Wildman–Crippen LogP) is 6.82. The van der Waals surface area contributed by atoms with E-state index in [1.165, 1.54) is 103 Å². The fraction of sp³-hybridized carbons (Fsp3) is 1.00. The molecule has 0 spiro atoms. The lowest BCUT2D eigenvalue weighted by molar-refractivity contribution is 0.265. The second-order valence-corrected chi connectivity index (χ2v) is 8.69. The first kappa shape index (κ1) is 23.0. The number of hydrogen-bond acceptors (Lipinski definition) is 2. The molecule has 0 saturated carbocycles. The van der Waals surface area contributed by atoms with Crippen molar-refractivity contribution in [3.05, 3.63) is 0 Å². The van der Waals surface area contributed by atoms with Crippen LogP contribution in [-0.4, -0.2) is 37.7 Å². The number of ether oxygens (including phenoxy) is 1. The van der Waals surface area contributed by atoms with E-state index in [0.29, 0.717) is 12.2 Å². The highest BCUT2D eigenvalue weighted by molar-refractivity contribution is 4.87. The van der Waals surface area contributed by atoms with E-state index in [4.69, 9.17) is 4.74 Å². The summed E-state index contributed by atoms with van der Waals surface area (Å²) in [4.78, 5) is 2.31. The van der Waals surface area contributed by atoms with Crippen LogP contribution in [0.15, 0.2) is 0 Å². The van der Waals surface area contributed by atoms with Gasteiger partial charge in [-0.05, 0) is 46.3 Å². The third-order valence-electron chi connectivity index (χ3n) is 5.85. The second-order valence-electron chi connectivity index (χ2n) is 8.69. The number of hydrogen-bond donors (Lipinski definition) is 0. The summed E-state index contributed by atoms with van der Waals surface area (Å²) >= 11 is 0. The van der Waals surface area contributed by atoms with Crippen LogP contribution in [0, 0.1) is 5.92 Å². The van der Waals surface area contributed by atoms with Crippen LogP contribution in [-0.2, 0) is 4.74 Å². The Kier molecular flexibility index (Phi) is 13.8. The van der Waals surface area contributed by atoms with Gasteiger partial charge in [0.05, 0.1) is 12.2 Å². The Morgan fingerprint density at radius 1 is 0.720 bits per heavy atom. The molecule has 2 heteroatoms. The minimum Gasteiger partial charge on any atom is -0.370 e. The van der Waals surface area contributed by atoms with Crippen molar-refractivity contribution in [2.45, 2.75) is 122 Å². The Labute approximate surface area is 159 Å². The van der Waals surface area contributed by atoms with E-state index in [-0.39, 0.29) is 0 Å². The van der Waals surface area contributed by atoms with E-state index < -0.39 is 0 Å². The smallest absolute Gasteiger partial charge is 0.0867 e. The first-order valence-corrected chi connectivity index (χ1v) is 11.4. The van der Waals surface area contributed by atoms with E-state index in [9.17, 15) is 0 Å². The summed E-state index contributed by atoms with van der Waals surface area (Å²) in [6.07, 6.45) is 22.5. The molecule has 0 radical (unpaired) electrons. The minimum absolute atomic E-state index is 0.522. The van der Waals surface area contributed by atoms with Gasteiger partial charge in [0.25, 0.3) is 0 Å². The van der Waals surface area contributed by atoms with Crippen LogP contribution in [0.1, 0.15) is 110 Å².